The van der Waals surface area contributed by atoms with Crippen LogP contribution in [-0.2, 0) is 0 Å². The van der Waals surface area contributed by atoms with Gasteiger partial charge in [0.25, 0.3) is 0 Å². The van der Waals surface area contributed by atoms with Gasteiger partial charge in [0.1, 0.15) is 5.75 Å². The van der Waals surface area contributed by atoms with Crippen molar-refractivity contribution in [1.29, 1.82) is 5.26 Å². The second-order valence-corrected chi connectivity index (χ2v) is 6.84. The number of ether oxygens (including phenoxy) is 1. The third kappa shape index (κ3) is 4.49. The van der Waals surface area contributed by atoms with E-state index in [1.54, 1.807) is 24.9 Å². The second kappa shape index (κ2) is 8.82. The Balaban J connectivity index is 2.37. The Morgan fingerprint density at radius 2 is 2.00 bits per heavy atom. The van der Waals surface area contributed by atoms with Gasteiger partial charge in [0.2, 0.25) is 0 Å². The topological polar surface area (TPSA) is 36.3 Å². The van der Waals surface area contributed by atoms with Gasteiger partial charge in [-0.15, -0.1) is 11.8 Å². The SMILES string of the molecule is COc1ccc(/C(=C\C(=C/C#N)SC)N2CCSCC2)cc1. The summed E-state index contributed by atoms with van der Waals surface area (Å²) < 4.78 is 5.24. The molecule has 0 aliphatic carbocycles. The summed E-state index contributed by atoms with van der Waals surface area (Å²) in [6.45, 7) is 2.08. The first-order valence-corrected chi connectivity index (χ1v) is 9.49. The van der Waals surface area contributed by atoms with Crippen LogP contribution in [0.5, 0.6) is 5.75 Å². The first-order chi connectivity index (χ1) is 10.8. The Bertz CT molecular complexity index is 582. The summed E-state index contributed by atoms with van der Waals surface area (Å²) in [5.41, 5.74) is 2.34. The third-order valence-corrected chi connectivity index (χ3v) is 5.11. The average Bonchev–Trinajstić information content (AvgIpc) is 2.59. The number of benzene rings is 1. The van der Waals surface area contributed by atoms with Crippen LogP contribution in [0.3, 0.4) is 0 Å². The van der Waals surface area contributed by atoms with Crippen LogP contribution in [-0.4, -0.2) is 42.9 Å². The van der Waals surface area contributed by atoms with Crippen molar-refractivity contribution in [3.8, 4) is 11.8 Å². The summed E-state index contributed by atoms with van der Waals surface area (Å²) >= 11 is 3.59. The molecule has 3 nitrogen and oxygen atoms in total. The Hall–Kier alpha value is -1.51. The van der Waals surface area contributed by atoms with Gasteiger partial charge in [-0.2, -0.15) is 17.0 Å². The molecule has 1 aromatic carbocycles. The van der Waals surface area contributed by atoms with E-state index in [0.29, 0.717) is 0 Å². The standard InChI is InChI=1S/C17H20N2OS2/c1-20-15-5-3-14(4-6-15)17(13-16(21-2)7-8-18)19-9-11-22-12-10-19/h3-7,13H,9-12H2,1-2H3/b16-7+,17-13+. The number of methoxy groups -OCH3 is 1. The first kappa shape index (κ1) is 16.9. The molecule has 1 heterocycles. The van der Waals surface area contributed by atoms with Crippen LogP contribution in [0.15, 0.2) is 41.3 Å². The molecule has 22 heavy (non-hydrogen) atoms. The predicted molar refractivity (Wildman–Crippen MR) is 97.1 cm³/mol. The van der Waals surface area contributed by atoms with E-state index in [1.807, 2.05) is 30.2 Å². The summed E-state index contributed by atoms with van der Waals surface area (Å²) in [7, 11) is 1.68. The number of thioether (sulfide) groups is 2. The largest absolute Gasteiger partial charge is 0.497 e. The summed E-state index contributed by atoms with van der Waals surface area (Å²) in [6, 6.07) is 10.2. The lowest BCUT2D eigenvalue weighted by molar-refractivity contribution is 0.414. The van der Waals surface area contributed by atoms with E-state index >= 15 is 0 Å². The van der Waals surface area contributed by atoms with E-state index in [2.05, 4.69) is 29.2 Å². The Kier molecular flexibility index (Phi) is 6.75. The van der Waals surface area contributed by atoms with E-state index in [4.69, 9.17) is 10.00 Å². The second-order valence-electron chi connectivity index (χ2n) is 4.74. The number of rotatable bonds is 5. The molecule has 0 saturated carbocycles. The van der Waals surface area contributed by atoms with Crippen LogP contribution in [0.4, 0.5) is 0 Å². The zero-order valence-electron chi connectivity index (χ0n) is 12.9. The summed E-state index contributed by atoms with van der Waals surface area (Å²) in [6.07, 6.45) is 5.72. The van der Waals surface area contributed by atoms with E-state index in [-0.39, 0.29) is 0 Å². The maximum Gasteiger partial charge on any atom is 0.118 e. The van der Waals surface area contributed by atoms with Crippen molar-refractivity contribution in [3.63, 3.8) is 0 Å². The molecule has 0 aromatic heterocycles. The maximum atomic E-state index is 8.93. The molecule has 0 atom stereocenters. The number of nitrogens with zero attached hydrogens (tertiary/aromatic N) is 2. The molecule has 0 amide bonds. The van der Waals surface area contributed by atoms with Gasteiger partial charge in [0, 0.05) is 41.3 Å². The van der Waals surface area contributed by atoms with Crippen molar-refractivity contribution in [2.75, 3.05) is 38.0 Å². The van der Waals surface area contributed by atoms with Gasteiger partial charge in [0.05, 0.1) is 13.2 Å². The van der Waals surface area contributed by atoms with Gasteiger partial charge in [-0.05, 0) is 42.2 Å². The Labute approximate surface area is 141 Å². The molecule has 1 saturated heterocycles. The fourth-order valence-corrected chi connectivity index (χ4v) is 3.58. The van der Waals surface area contributed by atoms with E-state index in [0.717, 1.165) is 40.8 Å². The molecular weight excluding hydrogens is 312 g/mol. The number of allylic oxidation sites excluding steroid dienone is 2. The molecular formula is C17H20N2OS2. The Morgan fingerprint density at radius 3 is 2.55 bits per heavy atom. The zero-order chi connectivity index (χ0) is 15.8. The fraction of sp³-hybridized carbons (Fsp3) is 0.353. The van der Waals surface area contributed by atoms with Crippen LogP contribution in [0.1, 0.15) is 5.56 Å². The first-order valence-electron chi connectivity index (χ1n) is 7.11. The fourth-order valence-electron chi connectivity index (χ4n) is 2.28. The highest BCUT2D eigenvalue weighted by atomic mass is 32.2. The van der Waals surface area contributed by atoms with Gasteiger partial charge >= 0.3 is 0 Å². The molecule has 116 valence electrons. The number of hydrogen-bond acceptors (Lipinski definition) is 5. The molecule has 0 unspecified atom stereocenters. The molecule has 1 fully saturated rings. The normalized spacial score (nSPS) is 16.3. The molecule has 1 aliphatic heterocycles. The van der Waals surface area contributed by atoms with Gasteiger partial charge in [-0.1, -0.05) is 0 Å². The highest BCUT2D eigenvalue weighted by Crippen LogP contribution is 2.28. The zero-order valence-corrected chi connectivity index (χ0v) is 14.5. The van der Waals surface area contributed by atoms with E-state index in [9.17, 15) is 0 Å². The third-order valence-electron chi connectivity index (χ3n) is 3.46. The molecule has 0 bridgehead atoms. The van der Waals surface area contributed by atoms with Crippen molar-refractivity contribution < 1.29 is 4.74 Å². The van der Waals surface area contributed by atoms with Crippen molar-refractivity contribution >= 4 is 29.2 Å². The monoisotopic (exact) mass is 332 g/mol. The van der Waals surface area contributed by atoms with Crippen LogP contribution >= 0.6 is 23.5 Å². The summed E-state index contributed by atoms with van der Waals surface area (Å²) in [4.78, 5) is 3.38. The molecule has 0 N–H and O–H groups in total. The highest BCUT2D eigenvalue weighted by molar-refractivity contribution is 8.02. The van der Waals surface area contributed by atoms with Gasteiger partial charge in [-0.3, -0.25) is 0 Å². The molecule has 0 spiro atoms. The minimum Gasteiger partial charge on any atom is -0.497 e. The van der Waals surface area contributed by atoms with Crippen LogP contribution in [0, 0.1) is 11.3 Å². The smallest absolute Gasteiger partial charge is 0.118 e. The van der Waals surface area contributed by atoms with Crippen molar-refractivity contribution in [2.45, 2.75) is 0 Å². The van der Waals surface area contributed by atoms with Gasteiger partial charge in [0.15, 0.2) is 0 Å². The van der Waals surface area contributed by atoms with E-state index < -0.39 is 0 Å². The average molecular weight is 332 g/mol. The maximum absolute atomic E-state index is 8.93. The quantitative estimate of drug-likeness (QED) is 0.604. The summed E-state index contributed by atoms with van der Waals surface area (Å²) in [5, 5.41) is 8.93. The highest BCUT2D eigenvalue weighted by Gasteiger charge is 2.16. The molecule has 1 aromatic rings. The lowest BCUT2D eigenvalue weighted by Crippen LogP contribution is -2.31. The number of hydrogen-bond donors (Lipinski definition) is 0. The minimum atomic E-state index is 0.856. The van der Waals surface area contributed by atoms with Crippen LogP contribution < -0.4 is 4.74 Å². The van der Waals surface area contributed by atoms with Crippen LogP contribution in [0.25, 0.3) is 5.70 Å². The van der Waals surface area contributed by atoms with Crippen molar-refractivity contribution in [1.82, 2.24) is 4.90 Å². The van der Waals surface area contributed by atoms with Gasteiger partial charge in [-0.25, -0.2) is 0 Å². The van der Waals surface area contributed by atoms with Gasteiger partial charge < -0.3 is 9.64 Å². The number of nitriles is 1. The molecule has 2 rings (SSSR count). The predicted octanol–water partition coefficient (Wildman–Crippen LogP) is 3.86. The Morgan fingerprint density at radius 1 is 1.32 bits per heavy atom. The lowest BCUT2D eigenvalue weighted by atomic mass is 10.1. The van der Waals surface area contributed by atoms with Crippen molar-refractivity contribution in [3.05, 3.63) is 46.9 Å². The van der Waals surface area contributed by atoms with Crippen LogP contribution in [0.2, 0.25) is 0 Å². The molecule has 0 radical (unpaired) electrons. The van der Waals surface area contributed by atoms with Crippen molar-refractivity contribution in [2.24, 2.45) is 0 Å². The molecule has 1 aliphatic rings. The lowest BCUT2D eigenvalue weighted by Gasteiger charge is -2.31. The minimum absolute atomic E-state index is 0.856. The van der Waals surface area contributed by atoms with E-state index in [1.165, 1.54) is 5.70 Å². The molecule has 5 heteroatoms. The summed E-state index contributed by atoms with van der Waals surface area (Å²) in [5.74, 6) is 3.14.